The molecule has 0 radical (unpaired) electrons. The van der Waals surface area contributed by atoms with Gasteiger partial charge in [-0.1, -0.05) is 6.07 Å². The Kier molecular flexibility index (Phi) is 3.66. The SMILES string of the molecule is O=C(c1cnn2ccccc12)N1CCOC[C@H](CO)C1. The number of ether oxygens (including phenoxy) is 1. The average Bonchev–Trinajstić information content (AvgIpc) is 2.76. The Balaban J connectivity index is 1.87. The summed E-state index contributed by atoms with van der Waals surface area (Å²) < 4.78 is 7.09. The quantitative estimate of drug-likeness (QED) is 0.862. The van der Waals surface area contributed by atoms with Crippen LogP contribution in [0.4, 0.5) is 0 Å². The molecule has 0 aliphatic carbocycles. The lowest BCUT2D eigenvalue weighted by Gasteiger charge is -2.22. The first-order valence-corrected chi connectivity index (χ1v) is 6.70. The Morgan fingerprint density at radius 3 is 3.25 bits per heavy atom. The van der Waals surface area contributed by atoms with Crippen LogP contribution in [0.5, 0.6) is 0 Å². The van der Waals surface area contributed by atoms with E-state index < -0.39 is 0 Å². The average molecular weight is 275 g/mol. The van der Waals surface area contributed by atoms with Gasteiger partial charge in [0.25, 0.3) is 5.91 Å². The van der Waals surface area contributed by atoms with Gasteiger partial charge in [0.05, 0.1) is 30.5 Å². The van der Waals surface area contributed by atoms with E-state index in [9.17, 15) is 9.90 Å². The van der Waals surface area contributed by atoms with Crippen molar-refractivity contribution in [2.75, 3.05) is 32.9 Å². The summed E-state index contributed by atoms with van der Waals surface area (Å²) in [6, 6.07) is 5.63. The fourth-order valence-electron chi connectivity index (χ4n) is 2.44. The van der Waals surface area contributed by atoms with Crippen LogP contribution in [0.25, 0.3) is 5.52 Å². The van der Waals surface area contributed by atoms with Crippen LogP contribution in [0.2, 0.25) is 0 Å². The Bertz CT molecular complexity index is 610. The second-order valence-corrected chi connectivity index (χ2v) is 4.96. The van der Waals surface area contributed by atoms with Crippen molar-refractivity contribution in [1.29, 1.82) is 0 Å². The summed E-state index contributed by atoms with van der Waals surface area (Å²) in [7, 11) is 0. The van der Waals surface area contributed by atoms with Gasteiger partial charge in [-0.3, -0.25) is 4.79 Å². The second-order valence-electron chi connectivity index (χ2n) is 4.96. The van der Waals surface area contributed by atoms with Gasteiger partial charge in [-0.2, -0.15) is 5.10 Å². The molecule has 0 spiro atoms. The van der Waals surface area contributed by atoms with E-state index in [1.54, 1.807) is 15.6 Å². The lowest BCUT2D eigenvalue weighted by Crippen LogP contribution is -2.36. The molecule has 1 atom stereocenters. The maximum Gasteiger partial charge on any atom is 0.257 e. The van der Waals surface area contributed by atoms with Gasteiger partial charge in [0, 0.05) is 31.8 Å². The van der Waals surface area contributed by atoms with Crippen molar-refractivity contribution >= 4 is 11.4 Å². The molecule has 0 bridgehead atoms. The number of fused-ring (bicyclic) bond motifs is 1. The minimum atomic E-state index is -0.0600. The van der Waals surface area contributed by atoms with Gasteiger partial charge in [0.1, 0.15) is 0 Å². The molecule has 1 N–H and O–H groups in total. The van der Waals surface area contributed by atoms with Crippen LogP contribution < -0.4 is 0 Å². The van der Waals surface area contributed by atoms with Crippen molar-refractivity contribution in [3.8, 4) is 0 Å². The lowest BCUT2D eigenvalue weighted by atomic mass is 10.1. The number of hydrogen-bond acceptors (Lipinski definition) is 4. The van der Waals surface area contributed by atoms with Crippen molar-refractivity contribution < 1.29 is 14.6 Å². The summed E-state index contributed by atoms with van der Waals surface area (Å²) in [6.45, 7) is 2.08. The smallest absolute Gasteiger partial charge is 0.257 e. The molecule has 1 saturated heterocycles. The molecule has 1 amide bonds. The normalized spacial score (nSPS) is 20.1. The maximum absolute atomic E-state index is 12.6. The van der Waals surface area contributed by atoms with E-state index in [4.69, 9.17) is 4.74 Å². The van der Waals surface area contributed by atoms with Gasteiger partial charge in [-0.25, -0.2) is 4.52 Å². The van der Waals surface area contributed by atoms with Crippen LogP contribution in [-0.2, 0) is 4.74 Å². The molecule has 3 heterocycles. The number of amides is 1. The number of pyridine rings is 1. The third-order valence-corrected chi connectivity index (χ3v) is 3.54. The fourth-order valence-corrected chi connectivity index (χ4v) is 2.44. The van der Waals surface area contributed by atoms with E-state index in [1.807, 2.05) is 24.4 Å². The van der Waals surface area contributed by atoms with Crippen molar-refractivity contribution in [3.63, 3.8) is 0 Å². The minimum absolute atomic E-state index is 0.0247. The third-order valence-electron chi connectivity index (χ3n) is 3.54. The predicted molar refractivity (Wildman–Crippen MR) is 72.5 cm³/mol. The highest BCUT2D eigenvalue weighted by Gasteiger charge is 2.24. The van der Waals surface area contributed by atoms with E-state index in [0.717, 1.165) is 5.52 Å². The molecule has 0 saturated carbocycles. The van der Waals surface area contributed by atoms with Crippen molar-refractivity contribution in [2.45, 2.75) is 0 Å². The van der Waals surface area contributed by atoms with Crippen molar-refractivity contribution in [1.82, 2.24) is 14.5 Å². The molecule has 20 heavy (non-hydrogen) atoms. The van der Waals surface area contributed by atoms with E-state index in [-0.39, 0.29) is 18.4 Å². The molecule has 1 aliphatic rings. The number of aliphatic hydroxyl groups is 1. The highest BCUT2D eigenvalue weighted by atomic mass is 16.5. The van der Waals surface area contributed by atoms with E-state index in [0.29, 0.717) is 31.9 Å². The highest BCUT2D eigenvalue weighted by molar-refractivity contribution is 6.00. The van der Waals surface area contributed by atoms with E-state index in [2.05, 4.69) is 5.10 Å². The fraction of sp³-hybridized carbons (Fsp3) is 0.429. The first kappa shape index (κ1) is 13.1. The van der Waals surface area contributed by atoms with Crippen LogP contribution in [0.3, 0.4) is 0 Å². The third kappa shape index (κ3) is 2.39. The van der Waals surface area contributed by atoms with Crippen molar-refractivity contribution in [3.05, 3.63) is 36.2 Å². The number of rotatable bonds is 2. The molecule has 6 nitrogen and oxygen atoms in total. The molecule has 2 aromatic rings. The van der Waals surface area contributed by atoms with Gasteiger partial charge in [-0.15, -0.1) is 0 Å². The molecule has 2 aromatic heterocycles. The number of aromatic nitrogens is 2. The summed E-state index contributed by atoms with van der Waals surface area (Å²) in [5, 5.41) is 13.5. The van der Waals surface area contributed by atoms with Crippen LogP contribution >= 0.6 is 0 Å². The zero-order chi connectivity index (χ0) is 13.9. The van der Waals surface area contributed by atoms with Gasteiger partial charge in [0.15, 0.2) is 0 Å². The summed E-state index contributed by atoms with van der Waals surface area (Å²) in [5.74, 6) is -0.0848. The predicted octanol–water partition coefficient (Wildman–Crippen LogP) is 0.415. The van der Waals surface area contributed by atoms with Crippen molar-refractivity contribution in [2.24, 2.45) is 5.92 Å². The number of carbonyl (C=O) groups excluding carboxylic acids is 1. The molecular formula is C14H17N3O3. The largest absolute Gasteiger partial charge is 0.396 e. The molecule has 0 aromatic carbocycles. The van der Waals surface area contributed by atoms with Crippen LogP contribution in [-0.4, -0.2) is 58.4 Å². The van der Waals surface area contributed by atoms with Crippen LogP contribution in [0, 0.1) is 5.92 Å². The molecule has 1 aliphatic heterocycles. The molecule has 3 rings (SSSR count). The first-order chi connectivity index (χ1) is 9.79. The van der Waals surface area contributed by atoms with Crippen LogP contribution in [0.15, 0.2) is 30.6 Å². The minimum Gasteiger partial charge on any atom is -0.396 e. The molecular weight excluding hydrogens is 258 g/mol. The number of hydrogen-bond donors (Lipinski definition) is 1. The molecule has 0 unspecified atom stereocenters. The highest BCUT2D eigenvalue weighted by Crippen LogP contribution is 2.15. The molecule has 6 heteroatoms. The van der Waals surface area contributed by atoms with E-state index in [1.165, 1.54) is 0 Å². The summed E-state index contributed by atoms with van der Waals surface area (Å²) in [4.78, 5) is 14.4. The van der Waals surface area contributed by atoms with Gasteiger partial charge in [-0.05, 0) is 12.1 Å². The zero-order valence-electron chi connectivity index (χ0n) is 11.1. The van der Waals surface area contributed by atoms with Crippen LogP contribution in [0.1, 0.15) is 10.4 Å². The zero-order valence-corrected chi connectivity index (χ0v) is 11.1. The monoisotopic (exact) mass is 275 g/mol. The first-order valence-electron chi connectivity index (χ1n) is 6.70. The molecule has 1 fully saturated rings. The lowest BCUT2D eigenvalue weighted by molar-refractivity contribution is 0.0730. The summed E-state index contributed by atoms with van der Waals surface area (Å²) in [6.07, 6.45) is 3.41. The summed E-state index contributed by atoms with van der Waals surface area (Å²) in [5.41, 5.74) is 1.38. The van der Waals surface area contributed by atoms with Gasteiger partial charge in [0.2, 0.25) is 0 Å². The number of nitrogens with zero attached hydrogens (tertiary/aromatic N) is 3. The number of aliphatic hydroxyl groups excluding tert-OH is 1. The topological polar surface area (TPSA) is 67.1 Å². The Labute approximate surface area is 116 Å². The number of carbonyl (C=O) groups is 1. The standard InChI is InChI=1S/C14H17N3O3/c18-9-11-8-16(5-6-20-10-11)14(19)12-7-15-17-4-2-1-3-13(12)17/h1-4,7,11,18H,5-6,8-10H2/t11-/m0/s1. The maximum atomic E-state index is 12.6. The van der Waals surface area contributed by atoms with Gasteiger partial charge < -0.3 is 14.7 Å². The molecule has 106 valence electrons. The van der Waals surface area contributed by atoms with E-state index >= 15 is 0 Å². The summed E-state index contributed by atoms with van der Waals surface area (Å²) >= 11 is 0. The Morgan fingerprint density at radius 1 is 1.50 bits per heavy atom. The Hall–Kier alpha value is -1.92. The van der Waals surface area contributed by atoms with Gasteiger partial charge >= 0.3 is 0 Å². The second kappa shape index (κ2) is 5.60. The Morgan fingerprint density at radius 2 is 2.40 bits per heavy atom.